The monoisotopic (exact) mass is 276 g/mol. The number of rotatable bonds is 5. The van der Waals surface area contributed by atoms with Crippen LogP contribution in [0.5, 0.6) is 0 Å². The quantitative estimate of drug-likeness (QED) is 0.868. The Hall–Kier alpha value is -1.39. The standard InChI is InChI=1S/C16H24N2O2/c1-18(14-8-3-2-4-9-14)11-13-7-5-6-10-15(13)17-16(20)12-19/h5-7,10,14,19H,2-4,8-9,11-12H2,1H3,(H,17,20). The summed E-state index contributed by atoms with van der Waals surface area (Å²) in [6.45, 7) is 0.347. The second-order valence-electron chi connectivity index (χ2n) is 5.57. The van der Waals surface area contributed by atoms with E-state index in [2.05, 4.69) is 17.3 Å². The van der Waals surface area contributed by atoms with Crippen molar-refractivity contribution in [2.75, 3.05) is 19.0 Å². The molecular weight excluding hydrogens is 252 g/mol. The second kappa shape index (κ2) is 7.41. The zero-order chi connectivity index (χ0) is 14.4. The third-order valence-corrected chi connectivity index (χ3v) is 4.05. The van der Waals surface area contributed by atoms with Gasteiger partial charge in [-0.05, 0) is 31.5 Å². The molecule has 0 bridgehead atoms. The van der Waals surface area contributed by atoms with E-state index in [1.54, 1.807) is 0 Å². The van der Waals surface area contributed by atoms with E-state index in [0.29, 0.717) is 6.04 Å². The predicted octanol–water partition coefficient (Wildman–Crippen LogP) is 2.38. The SMILES string of the molecule is CN(Cc1ccccc1NC(=O)CO)C1CCCCC1. The Bertz CT molecular complexity index is 442. The molecule has 0 spiro atoms. The number of para-hydroxylation sites is 1. The first-order valence-electron chi connectivity index (χ1n) is 7.39. The minimum Gasteiger partial charge on any atom is -0.387 e. The van der Waals surface area contributed by atoms with Crippen LogP contribution < -0.4 is 5.32 Å². The summed E-state index contributed by atoms with van der Waals surface area (Å²) in [5, 5.41) is 11.6. The number of aliphatic hydroxyl groups is 1. The van der Waals surface area contributed by atoms with E-state index in [-0.39, 0.29) is 5.91 Å². The molecule has 0 heterocycles. The highest BCUT2D eigenvalue weighted by atomic mass is 16.3. The van der Waals surface area contributed by atoms with Crippen molar-refractivity contribution in [2.24, 2.45) is 0 Å². The highest BCUT2D eigenvalue weighted by Crippen LogP contribution is 2.24. The molecule has 0 atom stereocenters. The van der Waals surface area contributed by atoms with E-state index in [1.165, 1.54) is 32.1 Å². The van der Waals surface area contributed by atoms with Crippen molar-refractivity contribution in [3.63, 3.8) is 0 Å². The molecule has 0 aromatic heterocycles. The summed E-state index contributed by atoms with van der Waals surface area (Å²) in [6.07, 6.45) is 6.52. The van der Waals surface area contributed by atoms with E-state index in [9.17, 15) is 4.79 Å². The number of nitrogens with one attached hydrogen (secondary N) is 1. The molecule has 1 aromatic carbocycles. The van der Waals surface area contributed by atoms with Gasteiger partial charge < -0.3 is 10.4 Å². The summed E-state index contributed by atoms with van der Waals surface area (Å²) in [5.74, 6) is -0.363. The van der Waals surface area contributed by atoms with Crippen molar-refractivity contribution in [1.82, 2.24) is 4.90 Å². The van der Waals surface area contributed by atoms with Crippen LogP contribution >= 0.6 is 0 Å². The average Bonchev–Trinajstić information content (AvgIpc) is 2.50. The maximum Gasteiger partial charge on any atom is 0.250 e. The van der Waals surface area contributed by atoms with Crippen molar-refractivity contribution < 1.29 is 9.90 Å². The van der Waals surface area contributed by atoms with E-state index in [4.69, 9.17) is 5.11 Å². The zero-order valence-electron chi connectivity index (χ0n) is 12.1. The molecule has 20 heavy (non-hydrogen) atoms. The van der Waals surface area contributed by atoms with Crippen LogP contribution in [0.1, 0.15) is 37.7 Å². The molecule has 1 aliphatic carbocycles. The zero-order valence-corrected chi connectivity index (χ0v) is 12.1. The molecule has 0 saturated heterocycles. The second-order valence-corrected chi connectivity index (χ2v) is 5.57. The van der Waals surface area contributed by atoms with Gasteiger partial charge >= 0.3 is 0 Å². The fourth-order valence-corrected chi connectivity index (χ4v) is 2.89. The molecule has 1 fully saturated rings. The number of hydrogen-bond acceptors (Lipinski definition) is 3. The summed E-state index contributed by atoms with van der Waals surface area (Å²) in [7, 11) is 2.15. The molecular formula is C16H24N2O2. The maximum absolute atomic E-state index is 11.3. The lowest BCUT2D eigenvalue weighted by Crippen LogP contribution is -2.33. The molecule has 0 radical (unpaired) electrons. The third-order valence-electron chi connectivity index (χ3n) is 4.05. The summed E-state index contributed by atoms with van der Waals surface area (Å²) >= 11 is 0. The Balaban J connectivity index is 2.02. The van der Waals surface area contributed by atoms with Crippen LogP contribution in [0.15, 0.2) is 24.3 Å². The lowest BCUT2D eigenvalue weighted by atomic mass is 9.94. The first-order valence-corrected chi connectivity index (χ1v) is 7.39. The molecule has 4 nitrogen and oxygen atoms in total. The number of hydrogen-bond donors (Lipinski definition) is 2. The van der Waals surface area contributed by atoms with Crippen molar-refractivity contribution >= 4 is 11.6 Å². The van der Waals surface area contributed by atoms with Gasteiger partial charge in [0.25, 0.3) is 0 Å². The van der Waals surface area contributed by atoms with E-state index < -0.39 is 6.61 Å². The van der Waals surface area contributed by atoms with Crippen LogP contribution in [0.3, 0.4) is 0 Å². The smallest absolute Gasteiger partial charge is 0.250 e. The summed E-state index contributed by atoms with van der Waals surface area (Å²) < 4.78 is 0. The number of carbonyl (C=O) groups excluding carboxylic acids is 1. The summed E-state index contributed by atoms with van der Waals surface area (Å²) in [6, 6.07) is 8.45. The summed E-state index contributed by atoms with van der Waals surface area (Å²) in [4.78, 5) is 13.7. The minimum atomic E-state index is -0.479. The highest BCUT2D eigenvalue weighted by Gasteiger charge is 2.18. The topological polar surface area (TPSA) is 52.6 Å². The van der Waals surface area contributed by atoms with Crippen LogP contribution in [-0.2, 0) is 11.3 Å². The molecule has 110 valence electrons. The first-order chi connectivity index (χ1) is 9.70. The van der Waals surface area contributed by atoms with Gasteiger partial charge in [-0.2, -0.15) is 0 Å². The van der Waals surface area contributed by atoms with Crippen molar-refractivity contribution in [2.45, 2.75) is 44.7 Å². The van der Waals surface area contributed by atoms with Gasteiger partial charge in [-0.1, -0.05) is 37.5 Å². The number of benzene rings is 1. The highest BCUT2D eigenvalue weighted by molar-refractivity contribution is 5.92. The first kappa shape index (κ1) is 15.0. The Morgan fingerprint density at radius 1 is 1.30 bits per heavy atom. The van der Waals surface area contributed by atoms with Gasteiger partial charge in [0.2, 0.25) is 5.91 Å². The van der Waals surface area contributed by atoms with Crippen LogP contribution in [0, 0.1) is 0 Å². The van der Waals surface area contributed by atoms with Crippen molar-refractivity contribution in [1.29, 1.82) is 0 Å². The lowest BCUT2D eigenvalue weighted by molar-refractivity contribution is -0.118. The number of anilines is 1. The van der Waals surface area contributed by atoms with Gasteiger partial charge in [0.15, 0.2) is 0 Å². The van der Waals surface area contributed by atoms with E-state index in [0.717, 1.165) is 17.8 Å². The molecule has 4 heteroatoms. The van der Waals surface area contributed by atoms with Crippen LogP contribution in [-0.4, -0.2) is 35.6 Å². The van der Waals surface area contributed by atoms with E-state index >= 15 is 0 Å². The lowest BCUT2D eigenvalue weighted by Gasteiger charge is -2.31. The Labute approximate surface area is 120 Å². The normalized spacial score (nSPS) is 16.4. The van der Waals surface area contributed by atoms with Crippen LogP contribution in [0.25, 0.3) is 0 Å². The van der Waals surface area contributed by atoms with Crippen LogP contribution in [0.2, 0.25) is 0 Å². The Kier molecular flexibility index (Phi) is 5.56. The largest absolute Gasteiger partial charge is 0.387 e. The van der Waals surface area contributed by atoms with Gasteiger partial charge in [-0.3, -0.25) is 9.69 Å². The third kappa shape index (κ3) is 4.05. The molecule has 0 unspecified atom stereocenters. The minimum absolute atomic E-state index is 0.363. The van der Waals surface area contributed by atoms with Gasteiger partial charge in [0.1, 0.15) is 6.61 Å². The Morgan fingerprint density at radius 3 is 2.70 bits per heavy atom. The maximum atomic E-state index is 11.3. The van der Waals surface area contributed by atoms with Crippen LogP contribution in [0.4, 0.5) is 5.69 Å². The molecule has 1 amide bonds. The van der Waals surface area contributed by atoms with Gasteiger partial charge in [0, 0.05) is 18.3 Å². The number of nitrogens with zero attached hydrogens (tertiary/aromatic N) is 1. The fraction of sp³-hybridized carbons (Fsp3) is 0.562. The predicted molar refractivity (Wildman–Crippen MR) is 80.5 cm³/mol. The molecule has 0 aliphatic heterocycles. The number of aliphatic hydroxyl groups excluding tert-OH is 1. The molecule has 1 saturated carbocycles. The number of carbonyl (C=O) groups is 1. The molecule has 1 aliphatic rings. The van der Waals surface area contributed by atoms with Gasteiger partial charge in [-0.15, -0.1) is 0 Å². The van der Waals surface area contributed by atoms with E-state index in [1.807, 2.05) is 24.3 Å². The fourth-order valence-electron chi connectivity index (χ4n) is 2.89. The number of amides is 1. The summed E-state index contributed by atoms with van der Waals surface area (Å²) in [5.41, 5.74) is 1.90. The molecule has 2 rings (SSSR count). The van der Waals surface area contributed by atoms with Crippen molar-refractivity contribution in [3.8, 4) is 0 Å². The van der Waals surface area contributed by atoms with Gasteiger partial charge in [-0.25, -0.2) is 0 Å². The Morgan fingerprint density at radius 2 is 2.00 bits per heavy atom. The molecule has 2 N–H and O–H groups in total. The molecule has 1 aromatic rings. The van der Waals surface area contributed by atoms with Crippen molar-refractivity contribution in [3.05, 3.63) is 29.8 Å². The average molecular weight is 276 g/mol. The van der Waals surface area contributed by atoms with Gasteiger partial charge in [0.05, 0.1) is 0 Å².